The van der Waals surface area contributed by atoms with Crippen LogP contribution in [-0.4, -0.2) is 0 Å². The second-order valence-corrected chi connectivity index (χ2v) is 12.1. The summed E-state index contributed by atoms with van der Waals surface area (Å²) in [7, 11) is 0. The van der Waals surface area contributed by atoms with Crippen LogP contribution in [0.1, 0.15) is 72.3 Å². The normalized spacial score (nSPS) is 15.6. The van der Waals surface area contributed by atoms with Crippen molar-refractivity contribution in [1.29, 1.82) is 0 Å². The fourth-order valence-electron chi connectivity index (χ4n) is 6.87. The van der Waals surface area contributed by atoms with E-state index in [0.29, 0.717) is 5.92 Å². The summed E-state index contributed by atoms with van der Waals surface area (Å²) >= 11 is 1.49. The molecular weight excluding hydrogens is 607 g/mol. The third-order valence-electron chi connectivity index (χ3n) is 8.61. The molecule has 4 aromatic rings. The minimum absolute atomic E-state index is 0. The van der Waals surface area contributed by atoms with Gasteiger partial charge in [0, 0.05) is 0 Å². The molecule has 0 radical (unpaired) electrons. The molecule has 0 atom stereocenters. The Balaban J connectivity index is 0.00000161. The van der Waals surface area contributed by atoms with Gasteiger partial charge in [-0.3, -0.25) is 0 Å². The van der Waals surface area contributed by atoms with E-state index in [0.717, 1.165) is 6.42 Å². The first-order valence-electron chi connectivity index (χ1n) is 14.0. The summed E-state index contributed by atoms with van der Waals surface area (Å²) < 4.78 is 1.50. The van der Waals surface area contributed by atoms with Gasteiger partial charge in [0.1, 0.15) is 0 Å². The first kappa shape index (κ1) is 29.1. The number of halogens is 2. The van der Waals surface area contributed by atoms with E-state index in [1.54, 1.807) is 5.56 Å². The van der Waals surface area contributed by atoms with Crippen LogP contribution in [0.2, 0.25) is 0 Å². The van der Waals surface area contributed by atoms with Gasteiger partial charge in [0.15, 0.2) is 0 Å². The summed E-state index contributed by atoms with van der Waals surface area (Å²) in [5.41, 5.74) is 10.0. The molecule has 0 N–H and O–H groups in total. The zero-order valence-electron chi connectivity index (χ0n) is 22.5. The van der Waals surface area contributed by atoms with Crippen LogP contribution < -0.4 is 35.3 Å². The van der Waals surface area contributed by atoms with Gasteiger partial charge in [-0.1, -0.05) is 0 Å². The number of hydrogen-bond donors (Lipinski definition) is 0. The van der Waals surface area contributed by atoms with Crippen molar-refractivity contribution in [2.75, 3.05) is 0 Å². The summed E-state index contributed by atoms with van der Waals surface area (Å²) in [6.07, 6.45) is 14.6. The van der Waals surface area contributed by atoms with Crippen LogP contribution in [0.3, 0.4) is 0 Å². The monoisotopic (exact) mass is 635 g/mol. The van der Waals surface area contributed by atoms with Crippen LogP contribution in [0.4, 0.5) is 0 Å². The first-order chi connectivity index (χ1) is 18.8. The average molecular weight is 638 g/mol. The van der Waals surface area contributed by atoms with E-state index in [2.05, 4.69) is 109 Å². The summed E-state index contributed by atoms with van der Waals surface area (Å²) in [6, 6.07) is 34.0. The van der Waals surface area contributed by atoms with Crippen molar-refractivity contribution in [2.45, 2.75) is 44.4 Å². The van der Waals surface area contributed by atoms with E-state index in [1.165, 1.54) is 114 Å². The molecule has 40 heavy (non-hydrogen) atoms. The van der Waals surface area contributed by atoms with Crippen LogP contribution in [0.25, 0.3) is 14.4 Å². The fraction of sp³-hybridized carbons (Fsp3) is 0.189. The molecular formula is C37H31Cl2Zr. The molecule has 0 bridgehead atoms. The second-order valence-electron chi connectivity index (χ2n) is 10.8. The Kier molecular flexibility index (Phi) is 9.16. The molecule has 0 aliphatic heterocycles. The number of fused-ring (bicyclic) bond motifs is 2. The number of rotatable bonds is 4. The molecule has 1 saturated carbocycles. The Hall–Kier alpha value is -2.44. The van der Waals surface area contributed by atoms with Crippen molar-refractivity contribution in [2.24, 2.45) is 0 Å². The van der Waals surface area contributed by atoms with E-state index in [9.17, 15) is 0 Å². The Morgan fingerprint density at radius 2 is 1.25 bits per heavy atom. The maximum atomic E-state index is 2.62. The fourth-order valence-corrected chi connectivity index (χ4v) is 8.04. The van der Waals surface area contributed by atoms with Gasteiger partial charge in [-0.2, -0.15) is 0 Å². The molecule has 197 valence electrons. The Morgan fingerprint density at radius 3 is 1.85 bits per heavy atom. The number of hydrogen-bond acceptors (Lipinski definition) is 0. The summed E-state index contributed by atoms with van der Waals surface area (Å²) in [5.74, 6) is 0.598. The molecule has 3 heteroatoms. The molecule has 3 aliphatic rings. The number of allylic oxidation sites excluding steroid dienone is 4. The van der Waals surface area contributed by atoms with E-state index in [4.69, 9.17) is 0 Å². The van der Waals surface area contributed by atoms with E-state index in [1.807, 2.05) is 0 Å². The van der Waals surface area contributed by atoms with Crippen LogP contribution in [0, 0.1) is 10.4 Å². The Bertz CT molecular complexity index is 1770. The van der Waals surface area contributed by atoms with Gasteiger partial charge in [0.05, 0.1) is 0 Å². The summed E-state index contributed by atoms with van der Waals surface area (Å²) in [6.45, 7) is 0. The van der Waals surface area contributed by atoms with Crippen molar-refractivity contribution in [3.8, 4) is 0 Å². The minimum atomic E-state index is 0. The molecule has 0 aromatic heterocycles. The van der Waals surface area contributed by atoms with Crippen molar-refractivity contribution >= 4 is 14.4 Å². The third kappa shape index (κ3) is 5.07. The van der Waals surface area contributed by atoms with E-state index >= 15 is 0 Å². The van der Waals surface area contributed by atoms with Gasteiger partial charge in [-0.15, -0.1) is 0 Å². The SMILES string of the molecule is [Cl-].[Cl-].[Zr+2][C]1=c2ccccc2=c2cc(C3CCCCC3)c(=C(c3ccccc3)c3ccccc3)c(C3=CC=CC3)c21. The van der Waals surface area contributed by atoms with Crippen molar-refractivity contribution in [3.63, 3.8) is 0 Å². The van der Waals surface area contributed by atoms with E-state index in [-0.39, 0.29) is 24.8 Å². The van der Waals surface area contributed by atoms with Gasteiger partial charge in [0.25, 0.3) is 0 Å². The Labute approximate surface area is 264 Å². The molecule has 7 rings (SSSR count). The first-order valence-corrected chi connectivity index (χ1v) is 15.3. The number of benzene rings is 4. The Morgan fingerprint density at radius 1 is 0.650 bits per heavy atom. The van der Waals surface area contributed by atoms with Crippen LogP contribution in [-0.2, 0) is 24.7 Å². The zero-order chi connectivity index (χ0) is 25.5. The third-order valence-corrected chi connectivity index (χ3v) is 9.88. The average Bonchev–Trinajstić information content (AvgIpc) is 3.62. The predicted octanol–water partition coefficient (Wildman–Crippen LogP) is 1.64. The predicted molar refractivity (Wildman–Crippen MR) is 154 cm³/mol. The topological polar surface area (TPSA) is 0 Å². The quantitative estimate of drug-likeness (QED) is 0.320. The molecule has 0 spiro atoms. The van der Waals surface area contributed by atoms with Crippen LogP contribution >= 0.6 is 0 Å². The second kappa shape index (κ2) is 12.6. The van der Waals surface area contributed by atoms with Crippen LogP contribution in [0.15, 0.2) is 109 Å². The molecule has 0 nitrogen and oxygen atoms in total. The molecule has 0 unspecified atom stereocenters. The molecule has 0 saturated heterocycles. The van der Waals surface area contributed by atoms with Crippen molar-refractivity contribution in [3.05, 3.63) is 158 Å². The maximum absolute atomic E-state index is 2.62. The molecule has 1 fully saturated rings. The van der Waals surface area contributed by atoms with Crippen molar-refractivity contribution in [1.82, 2.24) is 0 Å². The molecule has 0 amide bonds. The zero-order valence-corrected chi connectivity index (χ0v) is 26.4. The van der Waals surface area contributed by atoms with Gasteiger partial charge in [-0.05, 0) is 0 Å². The molecule has 0 heterocycles. The molecule has 3 aliphatic carbocycles. The van der Waals surface area contributed by atoms with E-state index < -0.39 is 0 Å². The molecule has 4 aromatic carbocycles. The summed E-state index contributed by atoms with van der Waals surface area (Å²) in [4.78, 5) is 0. The standard InChI is InChI=1S/C37H31.2ClH.Zr/c1-4-14-26(15-5-1)32-25-33-31-23-13-12-22-30(31)24-34(33)36(29-20-10-11-21-29)37(32)35(27-16-6-2-7-17-27)28-18-8-3-9-19-28;;;/h2-3,6-13,16-20,22-23,25-26H,1,4-5,14-15,21H2;2*1H;/q;;;+2/p-2. The summed E-state index contributed by atoms with van der Waals surface area (Å²) in [5, 5.41) is 5.80. The van der Waals surface area contributed by atoms with Crippen LogP contribution in [0.5, 0.6) is 0 Å². The van der Waals surface area contributed by atoms with Crippen molar-refractivity contribution < 1.29 is 49.5 Å². The van der Waals surface area contributed by atoms with Gasteiger partial charge in [0.2, 0.25) is 0 Å². The van der Waals surface area contributed by atoms with Gasteiger partial charge >= 0.3 is 242 Å². The van der Waals surface area contributed by atoms with Gasteiger partial charge in [-0.25, -0.2) is 0 Å². The van der Waals surface area contributed by atoms with Gasteiger partial charge < -0.3 is 24.8 Å².